The highest BCUT2D eigenvalue weighted by Crippen LogP contribution is 2.21. The summed E-state index contributed by atoms with van der Waals surface area (Å²) in [5.41, 5.74) is 1.31. The van der Waals surface area contributed by atoms with Gasteiger partial charge in [-0.2, -0.15) is 0 Å². The van der Waals surface area contributed by atoms with Gasteiger partial charge in [-0.3, -0.25) is 14.5 Å². The summed E-state index contributed by atoms with van der Waals surface area (Å²) in [5, 5.41) is 2.95. The topological polar surface area (TPSA) is 52.7 Å². The summed E-state index contributed by atoms with van der Waals surface area (Å²) in [6.45, 7) is 7.13. The normalized spacial score (nSPS) is 26.0. The van der Waals surface area contributed by atoms with Crippen molar-refractivity contribution in [3.8, 4) is 0 Å². The number of carbonyl (C=O) groups is 2. The molecule has 2 aliphatic rings. The van der Waals surface area contributed by atoms with Gasteiger partial charge in [0.05, 0.1) is 0 Å². The Bertz CT molecular complexity index is 590. The summed E-state index contributed by atoms with van der Waals surface area (Å²) in [7, 11) is 0. The van der Waals surface area contributed by atoms with Crippen LogP contribution in [0.2, 0.25) is 0 Å². The van der Waals surface area contributed by atoms with Crippen LogP contribution in [0.25, 0.3) is 0 Å². The number of hydrogen-bond donors (Lipinski definition) is 1. The molecule has 0 bridgehead atoms. The summed E-state index contributed by atoms with van der Waals surface area (Å²) in [6, 6.07) is 9.70. The molecule has 1 aromatic carbocycles. The van der Waals surface area contributed by atoms with E-state index in [2.05, 4.69) is 41.4 Å². The highest BCUT2D eigenvalue weighted by atomic mass is 16.2. The van der Waals surface area contributed by atoms with Crippen molar-refractivity contribution in [2.45, 2.75) is 38.8 Å². The SMILES string of the molecule is CC[C@H](C)[C@@H]1NC(=O)[C@H]2CN(CCc3ccccc3)CCN2C1=O. The quantitative estimate of drug-likeness (QED) is 0.885. The third kappa shape index (κ3) is 3.46. The van der Waals surface area contributed by atoms with E-state index >= 15 is 0 Å². The van der Waals surface area contributed by atoms with E-state index in [0.29, 0.717) is 13.1 Å². The summed E-state index contributed by atoms with van der Waals surface area (Å²) < 4.78 is 0. The predicted molar refractivity (Wildman–Crippen MR) is 93.5 cm³/mol. The second-order valence-corrected chi connectivity index (χ2v) is 6.96. The maximum absolute atomic E-state index is 12.7. The number of nitrogens with one attached hydrogen (secondary N) is 1. The van der Waals surface area contributed by atoms with E-state index in [1.54, 1.807) is 4.90 Å². The highest BCUT2D eigenvalue weighted by molar-refractivity contribution is 5.97. The molecule has 5 heteroatoms. The monoisotopic (exact) mass is 329 g/mol. The van der Waals surface area contributed by atoms with Crippen LogP contribution in [0.1, 0.15) is 25.8 Å². The van der Waals surface area contributed by atoms with Gasteiger partial charge in [0, 0.05) is 26.2 Å². The third-order valence-corrected chi connectivity index (χ3v) is 5.39. The Labute approximate surface area is 144 Å². The van der Waals surface area contributed by atoms with E-state index in [1.807, 2.05) is 13.0 Å². The second kappa shape index (κ2) is 7.34. The molecule has 3 rings (SSSR count). The predicted octanol–water partition coefficient (Wildman–Crippen LogP) is 1.29. The van der Waals surface area contributed by atoms with Crippen LogP contribution in [-0.4, -0.2) is 59.9 Å². The first kappa shape index (κ1) is 17.0. The average Bonchev–Trinajstić information content (AvgIpc) is 2.63. The minimum absolute atomic E-state index is 0.00399. The second-order valence-electron chi connectivity index (χ2n) is 6.96. The number of piperazine rings is 2. The molecule has 130 valence electrons. The molecule has 0 aromatic heterocycles. The maximum atomic E-state index is 12.7. The number of rotatable bonds is 5. The van der Waals surface area contributed by atoms with Crippen LogP contribution in [0.5, 0.6) is 0 Å². The fourth-order valence-electron chi connectivity index (χ4n) is 3.57. The Morgan fingerprint density at radius 2 is 1.96 bits per heavy atom. The zero-order chi connectivity index (χ0) is 17.1. The molecule has 5 nitrogen and oxygen atoms in total. The molecule has 2 amide bonds. The molecule has 24 heavy (non-hydrogen) atoms. The van der Waals surface area contributed by atoms with Crippen molar-refractivity contribution in [3.05, 3.63) is 35.9 Å². The Morgan fingerprint density at radius 1 is 1.21 bits per heavy atom. The molecule has 0 unspecified atom stereocenters. The van der Waals surface area contributed by atoms with Crippen LogP contribution in [0, 0.1) is 5.92 Å². The summed E-state index contributed by atoms with van der Waals surface area (Å²) in [5.74, 6) is 0.277. The fourth-order valence-corrected chi connectivity index (χ4v) is 3.57. The van der Waals surface area contributed by atoms with Crippen molar-refractivity contribution in [1.82, 2.24) is 15.1 Å². The molecule has 2 aliphatic heterocycles. The molecular formula is C19H27N3O2. The van der Waals surface area contributed by atoms with Crippen LogP contribution in [0.15, 0.2) is 30.3 Å². The molecule has 1 N–H and O–H groups in total. The number of benzene rings is 1. The minimum atomic E-state index is -0.352. The third-order valence-electron chi connectivity index (χ3n) is 5.39. The molecule has 3 atom stereocenters. The molecule has 2 heterocycles. The summed E-state index contributed by atoms with van der Waals surface area (Å²) >= 11 is 0. The van der Waals surface area contributed by atoms with Gasteiger partial charge in [-0.05, 0) is 17.9 Å². The molecule has 0 aliphatic carbocycles. The fraction of sp³-hybridized carbons (Fsp3) is 0.579. The van der Waals surface area contributed by atoms with E-state index in [4.69, 9.17) is 0 Å². The Kier molecular flexibility index (Phi) is 5.19. The van der Waals surface area contributed by atoms with Crippen molar-refractivity contribution < 1.29 is 9.59 Å². The van der Waals surface area contributed by atoms with Gasteiger partial charge in [-0.15, -0.1) is 0 Å². The Balaban J connectivity index is 1.60. The van der Waals surface area contributed by atoms with E-state index in [0.717, 1.165) is 25.9 Å². The smallest absolute Gasteiger partial charge is 0.246 e. The van der Waals surface area contributed by atoms with Gasteiger partial charge in [-0.1, -0.05) is 50.6 Å². The number of fused-ring (bicyclic) bond motifs is 1. The van der Waals surface area contributed by atoms with Gasteiger partial charge in [0.2, 0.25) is 11.8 Å². The lowest BCUT2D eigenvalue weighted by atomic mass is 9.93. The lowest BCUT2D eigenvalue weighted by Gasteiger charge is -2.46. The maximum Gasteiger partial charge on any atom is 0.246 e. The van der Waals surface area contributed by atoms with Gasteiger partial charge in [0.15, 0.2) is 0 Å². The Morgan fingerprint density at radius 3 is 2.67 bits per heavy atom. The molecule has 0 spiro atoms. The van der Waals surface area contributed by atoms with Crippen molar-refractivity contribution in [2.24, 2.45) is 5.92 Å². The van der Waals surface area contributed by atoms with Crippen molar-refractivity contribution in [2.75, 3.05) is 26.2 Å². The molecule has 1 aromatic rings. The number of nitrogens with zero attached hydrogens (tertiary/aromatic N) is 2. The largest absolute Gasteiger partial charge is 0.342 e. The van der Waals surface area contributed by atoms with Crippen LogP contribution in [0.3, 0.4) is 0 Å². The molecule has 2 saturated heterocycles. The number of hydrogen-bond acceptors (Lipinski definition) is 3. The standard InChI is InChI=1S/C19H27N3O2/c1-3-14(2)17-19(24)22-12-11-21(13-16(22)18(23)20-17)10-9-15-7-5-4-6-8-15/h4-8,14,16-17H,3,9-13H2,1-2H3,(H,20,23)/t14-,16+,17-/m0/s1. The number of carbonyl (C=O) groups excluding carboxylic acids is 2. The first-order chi connectivity index (χ1) is 11.6. The lowest BCUT2D eigenvalue weighted by Crippen LogP contribution is -2.70. The van der Waals surface area contributed by atoms with Gasteiger partial charge in [-0.25, -0.2) is 0 Å². The highest BCUT2D eigenvalue weighted by Gasteiger charge is 2.44. The zero-order valence-corrected chi connectivity index (χ0v) is 14.6. The first-order valence-electron chi connectivity index (χ1n) is 8.97. The minimum Gasteiger partial charge on any atom is -0.342 e. The first-order valence-corrected chi connectivity index (χ1v) is 8.97. The molecular weight excluding hydrogens is 302 g/mol. The van der Waals surface area contributed by atoms with Crippen LogP contribution >= 0.6 is 0 Å². The molecule has 0 saturated carbocycles. The van der Waals surface area contributed by atoms with Gasteiger partial charge in [0.25, 0.3) is 0 Å². The molecule has 0 radical (unpaired) electrons. The van der Waals surface area contributed by atoms with Gasteiger partial charge >= 0.3 is 0 Å². The Hall–Kier alpha value is -1.88. The van der Waals surface area contributed by atoms with E-state index < -0.39 is 0 Å². The van der Waals surface area contributed by atoms with E-state index in [9.17, 15) is 9.59 Å². The molecule has 2 fully saturated rings. The number of amides is 2. The van der Waals surface area contributed by atoms with Crippen LogP contribution < -0.4 is 5.32 Å². The van der Waals surface area contributed by atoms with Crippen LogP contribution in [-0.2, 0) is 16.0 Å². The summed E-state index contributed by atoms with van der Waals surface area (Å²) in [4.78, 5) is 29.3. The van der Waals surface area contributed by atoms with E-state index in [-0.39, 0.29) is 29.8 Å². The average molecular weight is 329 g/mol. The van der Waals surface area contributed by atoms with Crippen LogP contribution in [0.4, 0.5) is 0 Å². The van der Waals surface area contributed by atoms with Crippen molar-refractivity contribution >= 4 is 11.8 Å². The van der Waals surface area contributed by atoms with Crippen molar-refractivity contribution in [1.29, 1.82) is 0 Å². The summed E-state index contributed by atoms with van der Waals surface area (Å²) in [6.07, 6.45) is 1.86. The zero-order valence-electron chi connectivity index (χ0n) is 14.6. The van der Waals surface area contributed by atoms with E-state index in [1.165, 1.54) is 5.56 Å². The van der Waals surface area contributed by atoms with Gasteiger partial charge in [0.1, 0.15) is 12.1 Å². The van der Waals surface area contributed by atoms with Crippen molar-refractivity contribution in [3.63, 3.8) is 0 Å². The lowest BCUT2D eigenvalue weighted by molar-refractivity contribution is -0.154. The van der Waals surface area contributed by atoms with Gasteiger partial charge < -0.3 is 10.2 Å².